The fourth-order valence-electron chi connectivity index (χ4n) is 0.730. The van der Waals surface area contributed by atoms with Crippen molar-refractivity contribution in [1.82, 2.24) is 0 Å². The second-order valence-electron chi connectivity index (χ2n) is 2.51. The lowest BCUT2D eigenvalue weighted by atomic mass is 10.3. The maximum atomic E-state index is 11.8. The number of hydrogen-bond acceptors (Lipinski definition) is 4. The molecule has 4 nitrogen and oxygen atoms in total. The van der Waals surface area contributed by atoms with Crippen molar-refractivity contribution >= 4 is 15.6 Å². The van der Waals surface area contributed by atoms with Crippen molar-refractivity contribution in [2.45, 2.75) is 13.1 Å². The monoisotopic (exact) mass is 232 g/mol. The van der Waals surface area contributed by atoms with Gasteiger partial charge >= 0.3 is 6.18 Å². The number of halogens is 3. The zero-order chi connectivity index (χ0) is 11.7. The predicted octanol–water partition coefficient (Wildman–Crippen LogP) is 0.952. The summed E-state index contributed by atoms with van der Waals surface area (Å²) in [4.78, 5) is 8.91. The van der Waals surface area contributed by atoms with Crippen molar-refractivity contribution in [1.29, 1.82) is 0 Å². The van der Waals surface area contributed by atoms with Gasteiger partial charge in [-0.15, -0.1) is 0 Å². The van der Waals surface area contributed by atoms with Gasteiger partial charge in [0.05, 0.1) is 0 Å². The molecule has 82 valence electrons. The molecule has 1 N–H and O–H groups in total. The highest BCUT2D eigenvalue weighted by Crippen LogP contribution is 2.24. The highest BCUT2D eigenvalue weighted by atomic mass is 32.2. The number of carbonyl (C=O) groups excluding carboxylic acids is 1. The number of Topliss-reactive ketones (excluding diaryl/α,β-unsaturated/α-hetero) is 1. The fraction of sp³-hybridized carbons (Fsp3) is 0.500. The average Bonchev–Trinajstić information content (AvgIpc) is 1.79. The number of hydrogen-bond donors (Lipinski definition) is 1. The Kier molecular flexibility index (Phi) is 3.33. The van der Waals surface area contributed by atoms with Crippen LogP contribution in [0.1, 0.15) is 6.92 Å². The maximum absolute atomic E-state index is 11.8. The molecule has 8 heteroatoms. The number of carbonyl (C=O) groups is 1. The first-order chi connectivity index (χ1) is 5.98. The van der Waals surface area contributed by atoms with Gasteiger partial charge in [0.15, 0.2) is 14.7 Å². The molecule has 0 aromatic carbocycles. The molecule has 0 radical (unpaired) electrons. The Morgan fingerprint density at radius 3 is 1.71 bits per heavy atom. The van der Waals surface area contributed by atoms with Gasteiger partial charge in [-0.25, -0.2) is 8.42 Å². The molecule has 0 bridgehead atoms. The number of aliphatic hydroxyl groups excluding tert-OH is 1. The Bertz CT molecular complexity index is 372. The van der Waals surface area contributed by atoms with Crippen molar-refractivity contribution < 1.29 is 31.5 Å². The Morgan fingerprint density at radius 2 is 1.64 bits per heavy atom. The van der Waals surface area contributed by atoms with Crippen molar-refractivity contribution in [3.05, 3.63) is 10.7 Å². The lowest BCUT2D eigenvalue weighted by molar-refractivity contribution is -0.165. The van der Waals surface area contributed by atoms with Crippen LogP contribution < -0.4 is 0 Å². The van der Waals surface area contributed by atoms with Gasteiger partial charge in [0.2, 0.25) is 0 Å². The molecular weight excluding hydrogens is 225 g/mol. The third kappa shape index (κ3) is 3.02. The van der Waals surface area contributed by atoms with Gasteiger partial charge in [0.25, 0.3) is 5.78 Å². The maximum Gasteiger partial charge on any atom is 0.455 e. The van der Waals surface area contributed by atoms with Crippen LogP contribution in [0.4, 0.5) is 13.2 Å². The van der Waals surface area contributed by atoms with Crippen LogP contribution in [0, 0.1) is 0 Å². The number of alkyl halides is 3. The Morgan fingerprint density at radius 1 is 1.29 bits per heavy atom. The zero-order valence-electron chi connectivity index (χ0n) is 7.21. The molecule has 0 unspecified atom stereocenters. The first-order valence-electron chi connectivity index (χ1n) is 3.19. The summed E-state index contributed by atoms with van der Waals surface area (Å²) in [5.74, 6) is -3.74. The molecule has 0 saturated carbocycles. The molecule has 14 heavy (non-hydrogen) atoms. The van der Waals surface area contributed by atoms with E-state index in [0.717, 1.165) is 0 Å². The van der Waals surface area contributed by atoms with Crippen LogP contribution in [-0.4, -0.2) is 31.7 Å². The molecule has 0 saturated heterocycles. The lowest BCUT2D eigenvalue weighted by Crippen LogP contribution is -2.29. The molecule has 0 atom stereocenters. The quantitative estimate of drug-likeness (QED) is 0.568. The lowest BCUT2D eigenvalue weighted by Gasteiger charge is -2.07. The Balaban J connectivity index is 5.56. The molecular formula is C6H7F3O4S. The van der Waals surface area contributed by atoms with Gasteiger partial charge in [0.1, 0.15) is 5.76 Å². The van der Waals surface area contributed by atoms with Gasteiger partial charge in [-0.05, 0) is 6.92 Å². The third-order valence-electron chi connectivity index (χ3n) is 1.16. The highest BCUT2D eigenvalue weighted by molar-refractivity contribution is 7.95. The molecule has 0 rings (SSSR count). The molecule has 0 heterocycles. The smallest absolute Gasteiger partial charge is 0.455 e. The second-order valence-corrected chi connectivity index (χ2v) is 4.47. The SMILES string of the molecule is C/C(O)=C(/C(=O)C(F)(F)F)S(C)(=O)=O. The van der Waals surface area contributed by atoms with Crippen LogP contribution in [-0.2, 0) is 14.6 Å². The van der Waals surface area contributed by atoms with E-state index in [-0.39, 0.29) is 0 Å². The van der Waals surface area contributed by atoms with E-state index < -0.39 is 32.5 Å². The second kappa shape index (κ2) is 3.60. The van der Waals surface area contributed by atoms with Crippen molar-refractivity contribution in [3.8, 4) is 0 Å². The normalized spacial score (nSPS) is 14.9. The molecule has 0 aromatic rings. The first kappa shape index (κ1) is 12.9. The van der Waals surface area contributed by atoms with Crippen molar-refractivity contribution in [2.75, 3.05) is 6.26 Å². The molecule has 0 aliphatic rings. The number of sulfone groups is 1. The summed E-state index contributed by atoms with van der Waals surface area (Å²) in [5.41, 5.74) is 0. The van der Waals surface area contributed by atoms with E-state index in [1.54, 1.807) is 0 Å². The summed E-state index contributed by atoms with van der Waals surface area (Å²) >= 11 is 0. The van der Waals surface area contributed by atoms with E-state index in [4.69, 9.17) is 5.11 Å². The first-order valence-corrected chi connectivity index (χ1v) is 5.08. The summed E-state index contributed by atoms with van der Waals surface area (Å²) in [7, 11) is -4.39. The van der Waals surface area contributed by atoms with Gasteiger partial charge in [-0.3, -0.25) is 4.79 Å². The Hall–Kier alpha value is -1.05. The molecule has 0 spiro atoms. The van der Waals surface area contributed by atoms with Gasteiger partial charge in [-0.1, -0.05) is 0 Å². The topological polar surface area (TPSA) is 71.4 Å². The predicted molar refractivity (Wildman–Crippen MR) is 41.2 cm³/mol. The number of ketones is 1. The largest absolute Gasteiger partial charge is 0.511 e. The average molecular weight is 232 g/mol. The van der Waals surface area contributed by atoms with Gasteiger partial charge < -0.3 is 5.11 Å². The van der Waals surface area contributed by atoms with Crippen LogP contribution in [0.15, 0.2) is 10.7 Å². The Labute approximate surface area is 78.0 Å². The molecule has 0 aliphatic heterocycles. The van der Waals surface area contributed by atoms with Crippen molar-refractivity contribution in [2.24, 2.45) is 0 Å². The summed E-state index contributed by atoms with van der Waals surface area (Å²) in [6, 6.07) is 0. The summed E-state index contributed by atoms with van der Waals surface area (Å²) in [5, 5.41) is 8.66. The number of aliphatic hydroxyl groups is 1. The summed E-state index contributed by atoms with van der Waals surface area (Å²) < 4.78 is 56.9. The highest BCUT2D eigenvalue weighted by Gasteiger charge is 2.45. The van der Waals surface area contributed by atoms with Crippen LogP contribution in [0.2, 0.25) is 0 Å². The minimum absolute atomic E-state index is 0.408. The standard InChI is InChI=1S/C6H7F3O4S/c1-3(10)4(14(2,12)13)5(11)6(7,8)9/h10H,1-2H3/b4-3+. The zero-order valence-corrected chi connectivity index (χ0v) is 8.03. The molecule has 0 fully saturated rings. The van der Waals surface area contributed by atoms with Crippen LogP contribution in [0.5, 0.6) is 0 Å². The molecule has 0 aliphatic carbocycles. The summed E-state index contributed by atoms with van der Waals surface area (Å²) in [6.07, 6.45) is -4.91. The van der Waals surface area contributed by atoms with E-state index in [1.807, 2.05) is 0 Å². The van der Waals surface area contributed by atoms with E-state index in [1.165, 1.54) is 0 Å². The number of allylic oxidation sites excluding steroid dienone is 2. The van der Waals surface area contributed by atoms with E-state index in [2.05, 4.69) is 0 Å². The molecule has 0 aromatic heterocycles. The van der Waals surface area contributed by atoms with Crippen LogP contribution >= 0.6 is 0 Å². The van der Waals surface area contributed by atoms with Gasteiger partial charge in [0, 0.05) is 6.26 Å². The fourth-order valence-corrected chi connectivity index (χ4v) is 1.72. The number of rotatable bonds is 2. The van der Waals surface area contributed by atoms with E-state index >= 15 is 0 Å². The van der Waals surface area contributed by atoms with Crippen molar-refractivity contribution in [3.63, 3.8) is 0 Å². The van der Waals surface area contributed by atoms with Crippen LogP contribution in [0.25, 0.3) is 0 Å². The van der Waals surface area contributed by atoms with Gasteiger partial charge in [-0.2, -0.15) is 13.2 Å². The van der Waals surface area contributed by atoms with E-state index in [9.17, 15) is 26.4 Å². The summed E-state index contributed by atoms with van der Waals surface area (Å²) in [6.45, 7) is 0.694. The van der Waals surface area contributed by atoms with Crippen LogP contribution in [0.3, 0.4) is 0 Å². The minimum atomic E-state index is -5.32. The third-order valence-corrected chi connectivity index (χ3v) is 2.39. The minimum Gasteiger partial charge on any atom is -0.511 e. The van der Waals surface area contributed by atoms with E-state index in [0.29, 0.717) is 13.2 Å². The molecule has 0 amide bonds.